The second-order valence-corrected chi connectivity index (χ2v) is 3.06. The van der Waals surface area contributed by atoms with E-state index in [1.54, 1.807) is 0 Å². The number of carbonyl (C=O) groups is 1. The van der Waals surface area contributed by atoms with Crippen molar-refractivity contribution >= 4 is 5.91 Å². The van der Waals surface area contributed by atoms with Gasteiger partial charge in [-0.15, -0.1) is 0 Å². The third-order valence-corrected chi connectivity index (χ3v) is 1.89. The zero-order valence-corrected chi connectivity index (χ0v) is 8.38. The maximum atomic E-state index is 11.3. The summed E-state index contributed by atoms with van der Waals surface area (Å²) in [5, 5.41) is 9.47. The minimum Gasteiger partial charge on any atom is -0.269 e. The quantitative estimate of drug-likeness (QED) is 0.739. The van der Waals surface area contributed by atoms with Crippen LogP contribution in [0.4, 0.5) is 0 Å². The Morgan fingerprint density at radius 1 is 1.38 bits per heavy atom. The summed E-state index contributed by atoms with van der Waals surface area (Å²) in [6.07, 6.45) is 1.32. The minimum atomic E-state index is -0.426. The molecule has 2 N–H and O–H groups in total. The highest BCUT2D eigenvalue weighted by molar-refractivity contribution is 5.90. The second kappa shape index (κ2) is 5.04. The van der Waals surface area contributed by atoms with E-state index in [9.17, 15) is 4.79 Å². The van der Waals surface area contributed by atoms with Crippen molar-refractivity contribution in [1.82, 2.24) is 20.9 Å². The fourth-order valence-electron chi connectivity index (χ4n) is 1.12. The zero-order valence-electron chi connectivity index (χ0n) is 8.38. The molecule has 0 aliphatic heterocycles. The monoisotopic (exact) mass is 218 g/mol. The SMILES string of the molecule is O=C(NOCc1ccccc1)c1cn[nH]n1. The van der Waals surface area contributed by atoms with Gasteiger partial charge in [-0.05, 0) is 5.56 Å². The topological polar surface area (TPSA) is 79.9 Å². The molecule has 2 rings (SSSR count). The summed E-state index contributed by atoms with van der Waals surface area (Å²) in [5.74, 6) is -0.426. The number of H-pyrrole nitrogens is 1. The van der Waals surface area contributed by atoms with Gasteiger partial charge in [-0.25, -0.2) is 5.48 Å². The molecule has 0 aliphatic carbocycles. The van der Waals surface area contributed by atoms with Gasteiger partial charge in [0.2, 0.25) is 0 Å². The number of amides is 1. The lowest BCUT2D eigenvalue weighted by Gasteiger charge is -2.03. The average Bonchev–Trinajstić information content (AvgIpc) is 2.84. The number of carbonyl (C=O) groups excluding carboxylic acids is 1. The lowest BCUT2D eigenvalue weighted by atomic mass is 10.2. The van der Waals surface area contributed by atoms with E-state index in [-0.39, 0.29) is 5.69 Å². The predicted molar refractivity (Wildman–Crippen MR) is 55.1 cm³/mol. The van der Waals surface area contributed by atoms with Crippen molar-refractivity contribution in [2.75, 3.05) is 0 Å². The van der Waals surface area contributed by atoms with Crippen LogP contribution in [0.3, 0.4) is 0 Å². The molecule has 1 aromatic heterocycles. The molecule has 0 saturated carbocycles. The first kappa shape index (κ1) is 10.3. The molecule has 0 saturated heterocycles. The van der Waals surface area contributed by atoms with Crippen molar-refractivity contribution in [3.05, 3.63) is 47.8 Å². The van der Waals surface area contributed by atoms with Crippen LogP contribution in [0.1, 0.15) is 16.1 Å². The maximum Gasteiger partial charge on any atom is 0.297 e. The molecule has 0 fully saturated rings. The fourth-order valence-corrected chi connectivity index (χ4v) is 1.12. The number of nitrogens with zero attached hydrogens (tertiary/aromatic N) is 2. The zero-order chi connectivity index (χ0) is 11.2. The van der Waals surface area contributed by atoms with Gasteiger partial charge >= 0.3 is 0 Å². The summed E-state index contributed by atoms with van der Waals surface area (Å²) in [7, 11) is 0. The van der Waals surface area contributed by atoms with Crippen LogP contribution in [-0.2, 0) is 11.4 Å². The van der Waals surface area contributed by atoms with E-state index in [1.165, 1.54) is 6.20 Å². The molecule has 6 heteroatoms. The van der Waals surface area contributed by atoms with Crippen LogP contribution in [0.5, 0.6) is 0 Å². The van der Waals surface area contributed by atoms with Crippen LogP contribution in [0.15, 0.2) is 36.5 Å². The van der Waals surface area contributed by atoms with Gasteiger partial charge < -0.3 is 0 Å². The summed E-state index contributed by atoms with van der Waals surface area (Å²) in [6.45, 7) is 0.310. The van der Waals surface area contributed by atoms with E-state index in [0.717, 1.165) is 5.56 Å². The molecule has 0 unspecified atom stereocenters. The Morgan fingerprint density at radius 3 is 2.88 bits per heavy atom. The molecule has 16 heavy (non-hydrogen) atoms. The Morgan fingerprint density at radius 2 is 2.19 bits per heavy atom. The first-order valence-electron chi connectivity index (χ1n) is 4.68. The van der Waals surface area contributed by atoms with Crippen molar-refractivity contribution < 1.29 is 9.63 Å². The molecule has 0 atom stereocenters. The van der Waals surface area contributed by atoms with E-state index < -0.39 is 5.91 Å². The van der Waals surface area contributed by atoms with Gasteiger partial charge in [-0.2, -0.15) is 15.4 Å². The molecule has 1 heterocycles. The van der Waals surface area contributed by atoms with Gasteiger partial charge in [-0.3, -0.25) is 9.63 Å². The van der Waals surface area contributed by atoms with E-state index in [1.807, 2.05) is 30.3 Å². The van der Waals surface area contributed by atoms with E-state index in [4.69, 9.17) is 4.84 Å². The Bertz CT molecular complexity index is 441. The molecule has 6 nitrogen and oxygen atoms in total. The summed E-state index contributed by atoms with van der Waals surface area (Å²) in [5.41, 5.74) is 3.44. The van der Waals surface area contributed by atoms with Crippen LogP contribution in [0, 0.1) is 0 Å². The Kier molecular flexibility index (Phi) is 3.25. The number of benzene rings is 1. The molecule has 82 valence electrons. The Hall–Kier alpha value is -2.21. The number of rotatable bonds is 4. The lowest BCUT2D eigenvalue weighted by molar-refractivity contribution is 0.0229. The molecular weight excluding hydrogens is 208 g/mol. The van der Waals surface area contributed by atoms with Crippen LogP contribution in [0.25, 0.3) is 0 Å². The van der Waals surface area contributed by atoms with Crippen LogP contribution >= 0.6 is 0 Å². The number of aromatic amines is 1. The largest absolute Gasteiger partial charge is 0.297 e. The third kappa shape index (κ3) is 2.64. The van der Waals surface area contributed by atoms with Crippen molar-refractivity contribution in [1.29, 1.82) is 0 Å². The van der Waals surface area contributed by atoms with Gasteiger partial charge in [0.1, 0.15) is 0 Å². The van der Waals surface area contributed by atoms with Crippen LogP contribution < -0.4 is 5.48 Å². The summed E-state index contributed by atoms with van der Waals surface area (Å²) >= 11 is 0. The van der Waals surface area contributed by atoms with Crippen molar-refractivity contribution in [2.24, 2.45) is 0 Å². The molecule has 0 radical (unpaired) electrons. The van der Waals surface area contributed by atoms with Crippen molar-refractivity contribution in [2.45, 2.75) is 6.61 Å². The first-order chi connectivity index (χ1) is 7.86. The van der Waals surface area contributed by atoms with Gasteiger partial charge in [0.25, 0.3) is 5.91 Å². The van der Waals surface area contributed by atoms with Gasteiger partial charge in [-0.1, -0.05) is 30.3 Å². The van der Waals surface area contributed by atoms with E-state index in [0.29, 0.717) is 6.61 Å². The molecule has 0 bridgehead atoms. The fraction of sp³-hybridized carbons (Fsp3) is 0.100. The minimum absolute atomic E-state index is 0.188. The molecular formula is C10H10N4O2. The molecule has 1 aromatic carbocycles. The first-order valence-corrected chi connectivity index (χ1v) is 4.68. The number of nitrogens with one attached hydrogen (secondary N) is 2. The summed E-state index contributed by atoms with van der Waals surface area (Å²) in [6, 6.07) is 9.53. The van der Waals surface area contributed by atoms with Crippen molar-refractivity contribution in [3.63, 3.8) is 0 Å². The highest BCUT2D eigenvalue weighted by Gasteiger charge is 2.07. The van der Waals surface area contributed by atoms with Crippen LogP contribution in [-0.4, -0.2) is 21.3 Å². The van der Waals surface area contributed by atoms with Gasteiger partial charge in [0.15, 0.2) is 5.69 Å². The predicted octanol–water partition coefficient (Wildman–Crippen LogP) is 0.666. The lowest BCUT2D eigenvalue weighted by Crippen LogP contribution is -2.23. The summed E-state index contributed by atoms with van der Waals surface area (Å²) in [4.78, 5) is 16.4. The normalized spacial score (nSPS) is 10.0. The van der Waals surface area contributed by atoms with Gasteiger partial charge in [0, 0.05) is 0 Å². The maximum absolute atomic E-state index is 11.3. The van der Waals surface area contributed by atoms with E-state index >= 15 is 0 Å². The number of hydrogen-bond donors (Lipinski definition) is 2. The number of hydrogen-bond acceptors (Lipinski definition) is 4. The highest BCUT2D eigenvalue weighted by Crippen LogP contribution is 1.99. The summed E-state index contributed by atoms with van der Waals surface area (Å²) < 4.78 is 0. The number of hydroxylamine groups is 1. The molecule has 0 spiro atoms. The van der Waals surface area contributed by atoms with Gasteiger partial charge in [0.05, 0.1) is 12.8 Å². The Labute approximate surface area is 91.6 Å². The van der Waals surface area contributed by atoms with Crippen molar-refractivity contribution in [3.8, 4) is 0 Å². The third-order valence-electron chi connectivity index (χ3n) is 1.89. The molecule has 2 aromatic rings. The standard InChI is InChI=1S/C10H10N4O2/c15-10(9-6-11-14-12-9)13-16-7-8-4-2-1-3-5-8/h1-6H,7H2,(H,13,15)(H,11,12,14). The number of aromatic nitrogens is 3. The highest BCUT2D eigenvalue weighted by atomic mass is 16.6. The Balaban J connectivity index is 1.79. The average molecular weight is 218 g/mol. The smallest absolute Gasteiger partial charge is 0.269 e. The van der Waals surface area contributed by atoms with E-state index in [2.05, 4.69) is 20.9 Å². The molecule has 0 aliphatic rings. The molecule has 1 amide bonds. The second-order valence-electron chi connectivity index (χ2n) is 3.06. The van der Waals surface area contributed by atoms with Crippen LogP contribution in [0.2, 0.25) is 0 Å².